The fourth-order valence-electron chi connectivity index (χ4n) is 3.03. The average molecular weight is 355 g/mol. The predicted molar refractivity (Wildman–Crippen MR) is 99.1 cm³/mol. The maximum Gasteiger partial charge on any atom is 0.161 e. The summed E-state index contributed by atoms with van der Waals surface area (Å²) < 4.78 is 21.6. The van der Waals surface area contributed by atoms with Crippen molar-refractivity contribution in [1.29, 1.82) is 0 Å². The van der Waals surface area contributed by atoms with E-state index in [0.717, 1.165) is 22.0 Å². The Bertz CT molecular complexity index is 927. The van der Waals surface area contributed by atoms with Crippen molar-refractivity contribution in [2.24, 2.45) is 0 Å². The number of pyridine rings is 1. The zero-order chi connectivity index (χ0) is 18.7. The molecule has 0 unspecified atom stereocenters. The van der Waals surface area contributed by atoms with Crippen LogP contribution in [0.2, 0.25) is 0 Å². The summed E-state index contributed by atoms with van der Waals surface area (Å²) in [6, 6.07) is 11.4. The van der Waals surface area contributed by atoms with Crippen LogP contribution in [0.15, 0.2) is 42.6 Å². The second kappa shape index (κ2) is 7.49. The summed E-state index contributed by atoms with van der Waals surface area (Å²) in [5, 5.41) is 1.99. The van der Waals surface area contributed by atoms with Crippen LogP contribution in [0.4, 0.5) is 0 Å². The molecule has 3 N–H and O–H groups in total. The van der Waals surface area contributed by atoms with Crippen molar-refractivity contribution in [2.45, 2.75) is 6.04 Å². The maximum absolute atomic E-state index is 5.44. The smallest absolute Gasteiger partial charge is 0.161 e. The summed E-state index contributed by atoms with van der Waals surface area (Å²) in [5.74, 6) is 2.69. The third kappa shape index (κ3) is 3.11. The minimum Gasteiger partial charge on any atom is -0.493 e. The number of fused-ring (bicyclic) bond motifs is 1. The van der Waals surface area contributed by atoms with E-state index in [1.807, 2.05) is 36.4 Å². The van der Waals surface area contributed by atoms with E-state index in [-0.39, 0.29) is 6.04 Å². The van der Waals surface area contributed by atoms with Gasteiger partial charge in [-0.05, 0) is 41.8 Å². The highest BCUT2D eigenvalue weighted by molar-refractivity contribution is 5.88. The van der Waals surface area contributed by atoms with Crippen molar-refractivity contribution in [2.75, 3.05) is 28.4 Å². The quantitative estimate of drug-likeness (QED) is 0.735. The van der Waals surface area contributed by atoms with Crippen molar-refractivity contribution in [3.8, 4) is 23.0 Å². The highest BCUT2D eigenvalue weighted by Crippen LogP contribution is 2.36. The molecule has 3 rings (SSSR count). The Morgan fingerprint density at radius 1 is 0.769 bits per heavy atom. The molecule has 1 aromatic heterocycles. The Morgan fingerprint density at radius 2 is 1.38 bits per heavy atom. The van der Waals surface area contributed by atoms with Crippen LogP contribution in [-0.2, 0) is 0 Å². The van der Waals surface area contributed by atoms with Gasteiger partial charge in [0.25, 0.3) is 0 Å². The number of methoxy groups -OCH3 is 4. The predicted octanol–water partition coefficient (Wildman–Crippen LogP) is 2.60. The highest BCUT2D eigenvalue weighted by atomic mass is 16.5. The van der Waals surface area contributed by atoms with Crippen molar-refractivity contribution >= 4 is 10.8 Å². The number of aromatic nitrogens is 1. The van der Waals surface area contributed by atoms with Gasteiger partial charge in [-0.1, -0.05) is 0 Å². The zero-order valence-corrected chi connectivity index (χ0v) is 15.4. The molecule has 3 aromatic rings. The number of hydrogen-bond donors (Lipinski definition) is 1. The molecular weight excluding hydrogens is 332 g/mol. The van der Waals surface area contributed by atoms with Crippen LogP contribution in [0.5, 0.6) is 23.0 Å². The second-order valence-electron chi connectivity index (χ2n) is 5.79. The zero-order valence-electron chi connectivity index (χ0n) is 15.4. The average Bonchev–Trinajstić information content (AvgIpc) is 2.70. The highest BCUT2D eigenvalue weighted by Gasteiger charge is 2.20. The minimum atomic E-state index is -0.184. The molecule has 0 radical (unpaired) electrons. The first-order valence-electron chi connectivity index (χ1n) is 8.18. The molecule has 26 heavy (non-hydrogen) atoms. The van der Waals surface area contributed by atoms with E-state index in [1.165, 1.54) is 0 Å². The van der Waals surface area contributed by atoms with Crippen LogP contribution in [0.25, 0.3) is 10.8 Å². The van der Waals surface area contributed by atoms with Crippen LogP contribution in [0.1, 0.15) is 17.3 Å². The van der Waals surface area contributed by atoms with Crippen LogP contribution in [-0.4, -0.2) is 33.4 Å². The molecule has 0 saturated heterocycles. The standard InChI is InChI=1S/C20H22N2O4/c1-23-15-6-5-13(10-16(15)24-2)19(21)20-14-11-18(26-4)17(25-3)9-12(14)7-8-22-20/h5-11,19H,21H2,1-4H3/p+1/t19-/m1/s1. The monoisotopic (exact) mass is 355 g/mol. The van der Waals surface area contributed by atoms with Gasteiger partial charge in [-0.3, -0.25) is 4.98 Å². The first-order chi connectivity index (χ1) is 12.6. The van der Waals surface area contributed by atoms with Gasteiger partial charge in [0.1, 0.15) is 5.69 Å². The summed E-state index contributed by atoms with van der Waals surface area (Å²) >= 11 is 0. The van der Waals surface area contributed by atoms with Gasteiger partial charge in [0.2, 0.25) is 0 Å². The lowest BCUT2D eigenvalue weighted by Crippen LogP contribution is -2.54. The lowest BCUT2D eigenvalue weighted by atomic mass is 9.98. The van der Waals surface area contributed by atoms with Crippen LogP contribution in [0, 0.1) is 0 Å². The van der Waals surface area contributed by atoms with Crippen molar-refractivity contribution in [3.05, 3.63) is 53.9 Å². The molecule has 0 spiro atoms. The topological polar surface area (TPSA) is 77.5 Å². The van der Waals surface area contributed by atoms with E-state index in [1.54, 1.807) is 34.6 Å². The summed E-state index contributed by atoms with van der Waals surface area (Å²) in [6.45, 7) is 0. The summed E-state index contributed by atoms with van der Waals surface area (Å²) in [4.78, 5) is 4.58. The Morgan fingerprint density at radius 3 is 2.04 bits per heavy atom. The molecule has 0 saturated carbocycles. The van der Waals surface area contributed by atoms with Crippen LogP contribution < -0.4 is 24.7 Å². The molecule has 0 aliphatic carbocycles. The Balaban J connectivity index is 2.12. The molecule has 6 nitrogen and oxygen atoms in total. The number of ether oxygens (including phenoxy) is 4. The molecule has 0 aliphatic rings. The molecule has 0 amide bonds. The summed E-state index contributed by atoms with van der Waals surface area (Å²) in [6.07, 6.45) is 1.78. The molecule has 1 heterocycles. The lowest BCUT2D eigenvalue weighted by molar-refractivity contribution is -0.412. The molecule has 6 heteroatoms. The Hall–Kier alpha value is -2.99. The first kappa shape index (κ1) is 17.8. The number of rotatable bonds is 6. The molecule has 0 aliphatic heterocycles. The van der Waals surface area contributed by atoms with E-state index in [2.05, 4.69) is 10.7 Å². The minimum absolute atomic E-state index is 0.184. The Kier molecular flexibility index (Phi) is 5.14. The van der Waals surface area contributed by atoms with Gasteiger partial charge < -0.3 is 24.7 Å². The molecule has 0 bridgehead atoms. The normalized spacial score (nSPS) is 11.9. The molecular formula is C20H23N2O4+. The van der Waals surface area contributed by atoms with E-state index in [0.29, 0.717) is 23.0 Å². The van der Waals surface area contributed by atoms with Gasteiger partial charge in [0.05, 0.1) is 28.4 Å². The summed E-state index contributed by atoms with van der Waals surface area (Å²) in [5.41, 5.74) is 6.17. The van der Waals surface area contributed by atoms with Crippen molar-refractivity contribution in [3.63, 3.8) is 0 Å². The van der Waals surface area contributed by atoms with E-state index >= 15 is 0 Å². The molecule has 136 valence electrons. The van der Waals surface area contributed by atoms with Crippen LogP contribution >= 0.6 is 0 Å². The number of quaternary nitrogens is 1. The molecule has 1 atom stereocenters. The van der Waals surface area contributed by atoms with Gasteiger partial charge in [0, 0.05) is 17.1 Å². The van der Waals surface area contributed by atoms with Crippen LogP contribution in [0.3, 0.4) is 0 Å². The third-order valence-electron chi connectivity index (χ3n) is 4.44. The van der Waals surface area contributed by atoms with E-state index < -0.39 is 0 Å². The van der Waals surface area contributed by atoms with E-state index in [4.69, 9.17) is 18.9 Å². The molecule has 2 aromatic carbocycles. The first-order valence-corrected chi connectivity index (χ1v) is 8.18. The number of nitrogens with zero attached hydrogens (tertiary/aromatic N) is 1. The van der Waals surface area contributed by atoms with Gasteiger partial charge in [0.15, 0.2) is 29.0 Å². The SMILES string of the molecule is COc1ccc([C@@H]([NH3+])c2nccc3cc(OC)c(OC)cc23)cc1OC. The molecule has 0 fully saturated rings. The number of benzene rings is 2. The fourth-order valence-corrected chi connectivity index (χ4v) is 3.03. The Labute approximate surface area is 152 Å². The van der Waals surface area contributed by atoms with Gasteiger partial charge in [-0.15, -0.1) is 0 Å². The largest absolute Gasteiger partial charge is 0.493 e. The van der Waals surface area contributed by atoms with Crippen molar-refractivity contribution < 1.29 is 24.7 Å². The summed E-state index contributed by atoms with van der Waals surface area (Å²) in [7, 11) is 6.48. The van der Waals surface area contributed by atoms with Crippen molar-refractivity contribution in [1.82, 2.24) is 4.98 Å². The maximum atomic E-state index is 5.44. The fraction of sp³-hybridized carbons (Fsp3) is 0.250. The number of hydrogen-bond acceptors (Lipinski definition) is 5. The lowest BCUT2D eigenvalue weighted by Gasteiger charge is -2.15. The van der Waals surface area contributed by atoms with Gasteiger partial charge in [-0.2, -0.15) is 0 Å². The van der Waals surface area contributed by atoms with Gasteiger partial charge in [-0.25, -0.2) is 0 Å². The van der Waals surface area contributed by atoms with E-state index in [9.17, 15) is 0 Å². The van der Waals surface area contributed by atoms with Gasteiger partial charge >= 0.3 is 0 Å². The third-order valence-corrected chi connectivity index (χ3v) is 4.44. The second-order valence-corrected chi connectivity index (χ2v) is 5.79.